The Kier molecular flexibility index (Phi) is 2.57. The van der Waals surface area contributed by atoms with Gasteiger partial charge in [0.05, 0.1) is 12.2 Å². The largest absolute Gasteiger partial charge is 0.369 e. The first kappa shape index (κ1) is 11.0. The molecule has 3 rings (SSSR count). The molecule has 0 aromatic heterocycles. The number of allylic oxidation sites excluding steroid dienone is 1. The molecule has 1 aromatic carbocycles. The van der Waals surface area contributed by atoms with Crippen LogP contribution in [0.3, 0.4) is 0 Å². The van der Waals surface area contributed by atoms with Gasteiger partial charge in [-0.05, 0) is 30.5 Å². The van der Waals surface area contributed by atoms with Crippen molar-refractivity contribution in [3.63, 3.8) is 0 Å². The zero-order valence-electron chi connectivity index (χ0n) is 10.5. The highest BCUT2D eigenvalue weighted by atomic mass is 16.5. The zero-order valence-corrected chi connectivity index (χ0v) is 10.5. The minimum absolute atomic E-state index is 0.0123. The van der Waals surface area contributed by atoms with E-state index < -0.39 is 0 Å². The van der Waals surface area contributed by atoms with E-state index in [1.807, 2.05) is 0 Å². The van der Waals surface area contributed by atoms with Crippen LogP contribution in [-0.4, -0.2) is 18.7 Å². The van der Waals surface area contributed by atoms with E-state index >= 15 is 0 Å². The predicted molar refractivity (Wildman–Crippen MR) is 70.0 cm³/mol. The first-order chi connectivity index (χ1) is 8.24. The lowest BCUT2D eigenvalue weighted by Gasteiger charge is -2.37. The van der Waals surface area contributed by atoms with Gasteiger partial charge in [-0.15, -0.1) is 0 Å². The van der Waals surface area contributed by atoms with Crippen LogP contribution >= 0.6 is 0 Å². The molecule has 2 heterocycles. The highest BCUT2D eigenvalue weighted by Crippen LogP contribution is 2.42. The Labute approximate surface area is 103 Å². The number of benzene rings is 1. The molecule has 1 fully saturated rings. The molecule has 2 heteroatoms. The smallest absolute Gasteiger partial charge is 0.0863 e. The van der Waals surface area contributed by atoms with Gasteiger partial charge in [0.1, 0.15) is 0 Å². The highest BCUT2D eigenvalue weighted by Gasteiger charge is 2.44. The van der Waals surface area contributed by atoms with Gasteiger partial charge >= 0.3 is 0 Å². The molecular weight excluding hydrogens is 210 g/mol. The third-order valence-corrected chi connectivity index (χ3v) is 4.08. The fourth-order valence-corrected chi connectivity index (χ4v) is 3.08. The first-order valence-corrected chi connectivity index (χ1v) is 6.34. The van der Waals surface area contributed by atoms with Gasteiger partial charge in [-0.2, -0.15) is 0 Å². The minimum Gasteiger partial charge on any atom is -0.369 e. The molecule has 2 aliphatic rings. The van der Waals surface area contributed by atoms with Crippen LogP contribution in [0.2, 0.25) is 0 Å². The lowest BCUT2D eigenvalue weighted by Crippen LogP contribution is -2.39. The molecule has 90 valence electrons. The Morgan fingerprint density at radius 1 is 1.47 bits per heavy atom. The molecule has 0 radical (unpaired) electrons. The van der Waals surface area contributed by atoms with Crippen LogP contribution in [-0.2, 0) is 11.3 Å². The summed E-state index contributed by atoms with van der Waals surface area (Å²) in [4.78, 5) is 0. The van der Waals surface area contributed by atoms with E-state index in [0.717, 1.165) is 19.7 Å². The SMILES string of the molecule is C/C=C\c1cccc2c1CO[C@@]1(C)CNC[C@@H]21. The molecule has 0 spiro atoms. The van der Waals surface area contributed by atoms with Crippen LogP contribution in [0.1, 0.15) is 36.5 Å². The number of nitrogens with one attached hydrogen (secondary N) is 1. The molecule has 17 heavy (non-hydrogen) atoms. The summed E-state index contributed by atoms with van der Waals surface area (Å²) in [5.41, 5.74) is 4.14. The summed E-state index contributed by atoms with van der Waals surface area (Å²) in [6, 6.07) is 6.60. The summed E-state index contributed by atoms with van der Waals surface area (Å²) in [7, 11) is 0. The van der Waals surface area contributed by atoms with Gasteiger partial charge in [-0.25, -0.2) is 0 Å². The molecule has 2 nitrogen and oxygen atoms in total. The van der Waals surface area contributed by atoms with Gasteiger partial charge in [0.2, 0.25) is 0 Å². The Bertz CT molecular complexity index is 466. The van der Waals surface area contributed by atoms with Crippen LogP contribution in [0.5, 0.6) is 0 Å². The number of hydrogen-bond donors (Lipinski definition) is 1. The molecule has 1 saturated heterocycles. The molecule has 2 aliphatic heterocycles. The van der Waals surface area contributed by atoms with Gasteiger partial charge in [-0.3, -0.25) is 0 Å². The lowest BCUT2D eigenvalue weighted by atomic mass is 9.80. The van der Waals surface area contributed by atoms with E-state index in [1.165, 1.54) is 16.7 Å². The molecule has 2 atom stereocenters. The second-order valence-electron chi connectivity index (χ2n) is 5.20. The maximum Gasteiger partial charge on any atom is 0.0863 e. The molecule has 1 N–H and O–H groups in total. The molecular formula is C15H19NO. The molecule has 0 amide bonds. The molecule has 0 saturated carbocycles. The van der Waals surface area contributed by atoms with Gasteiger partial charge in [-0.1, -0.05) is 30.4 Å². The fraction of sp³-hybridized carbons (Fsp3) is 0.467. The van der Waals surface area contributed by atoms with Crippen molar-refractivity contribution in [2.24, 2.45) is 0 Å². The van der Waals surface area contributed by atoms with E-state index in [4.69, 9.17) is 4.74 Å². The average Bonchev–Trinajstić information content (AvgIpc) is 2.72. The average molecular weight is 229 g/mol. The Balaban J connectivity index is 2.10. The molecule has 0 aliphatic carbocycles. The van der Waals surface area contributed by atoms with E-state index in [1.54, 1.807) is 0 Å². The van der Waals surface area contributed by atoms with E-state index in [0.29, 0.717) is 5.92 Å². The van der Waals surface area contributed by atoms with Crippen molar-refractivity contribution in [3.8, 4) is 0 Å². The van der Waals surface area contributed by atoms with Crippen LogP contribution in [0.15, 0.2) is 24.3 Å². The van der Waals surface area contributed by atoms with Gasteiger partial charge < -0.3 is 10.1 Å². The van der Waals surface area contributed by atoms with Crippen molar-refractivity contribution >= 4 is 6.08 Å². The second-order valence-corrected chi connectivity index (χ2v) is 5.20. The molecule has 1 aromatic rings. The molecule has 0 bridgehead atoms. The topological polar surface area (TPSA) is 21.3 Å². The number of ether oxygens (including phenoxy) is 1. The molecule has 0 unspecified atom stereocenters. The summed E-state index contributed by atoms with van der Waals surface area (Å²) < 4.78 is 6.11. The standard InChI is InChI=1S/C15H19NO/c1-3-5-11-6-4-7-12-13(11)9-17-15(2)10-16-8-14(12)15/h3-7,14,16H,8-10H2,1-2H3/b5-3-/t14-,15-/m0/s1. The van der Waals surface area contributed by atoms with Gasteiger partial charge in [0.15, 0.2) is 0 Å². The first-order valence-electron chi connectivity index (χ1n) is 6.34. The normalized spacial score (nSPS) is 31.5. The zero-order chi connectivity index (χ0) is 11.9. The number of rotatable bonds is 1. The van der Waals surface area contributed by atoms with Crippen molar-refractivity contribution in [2.45, 2.75) is 32.0 Å². The van der Waals surface area contributed by atoms with Crippen molar-refractivity contribution in [1.29, 1.82) is 0 Å². The predicted octanol–water partition coefficient (Wildman–Crippen LogP) is 2.70. The Hall–Kier alpha value is -1.12. The van der Waals surface area contributed by atoms with Gasteiger partial charge in [0, 0.05) is 19.0 Å². The second kappa shape index (κ2) is 3.97. The fourth-order valence-electron chi connectivity index (χ4n) is 3.08. The van der Waals surface area contributed by atoms with Gasteiger partial charge in [0.25, 0.3) is 0 Å². The number of fused-ring (bicyclic) bond motifs is 3. The summed E-state index contributed by atoms with van der Waals surface area (Å²) in [6.07, 6.45) is 4.27. The van der Waals surface area contributed by atoms with Crippen LogP contribution < -0.4 is 5.32 Å². The third-order valence-electron chi connectivity index (χ3n) is 4.08. The Morgan fingerprint density at radius 3 is 3.18 bits per heavy atom. The van der Waals surface area contributed by atoms with E-state index in [-0.39, 0.29) is 5.60 Å². The van der Waals surface area contributed by atoms with Crippen LogP contribution in [0.25, 0.3) is 6.08 Å². The maximum atomic E-state index is 6.11. The summed E-state index contributed by atoms with van der Waals surface area (Å²) in [5.74, 6) is 0.497. The monoisotopic (exact) mass is 229 g/mol. The Morgan fingerprint density at radius 2 is 2.35 bits per heavy atom. The van der Waals surface area contributed by atoms with Crippen molar-refractivity contribution in [2.75, 3.05) is 13.1 Å². The van der Waals surface area contributed by atoms with Crippen molar-refractivity contribution < 1.29 is 4.74 Å². The summed E-state index contributed by atoms with van der Waals surface area (Å²) in [6.45, 7) is 7.02. The van der Waals surface area contributed by atoms with Crippen LogP contribution in [0, 0.1) is 0 Å². The quantitative estimate of drug-likeness (QED) is 0.799. The third kappa shape index (κ3) is 1.63. The van der Waals surface area contributed by atoms with Crippen LogP contribution in [0.4, 0.5) is 0 Å². The van der Waals surface area contributed by atoms with Crippen molar-refractivity contribution in [1.82, 2.24) is 5.32 Å². The number of hydrogen-bond acceptors (Lipinski definition) is 2. The maximum absolute atomic E-state index is 6.11. The van der Waals surface area contributed by atoms with Crippen molar-refractivity contribution in [3.05, 3.63) is 41.0 Å². The summed E-state index contributed by atoms with van der Waals surface area (Å²) in [5, 5.41) is 3.45. The van der Waals surface area contributed by atoms with E-state index in [2.05, 4.69) is 49.5 Å². The lowest BCUT2D eigenvalue weighted by molar-refractivity contribution is -0.0518. The minimum atomic E-state index is -0.0123. The van der Waals surface area contributed by atoms with E-state index in [9.17, 15) is 0 Å². The summed E-state index contributed by atoms with van der Waals surface area (Å²) >= 11 is 0. The highest BCUT2D eigenvalue weighted by molar-refractivity contribution is 5.57.